The molecule has 5 heterocycles. The molecule has 5 aromatic rings. The molecule has 6 atom stereocenters. The molecule has 0 spiro atoms. The van der Waals surface area contributed by atoms with Gasteiger partial charge < -0.3 is 40.2 Å². The number of nitrogens with zero attached hydrogens (tertiary/aromatic N) is 5. The molecule has 2 aliphatic rings. The van der Waals surface area contributed by atoms with Crippen LogP contribution >= 0.6 is 0 Å². The zero-order valence-electron chi connectivity index (χ0n) is 34.5. The molecule has 15 heteroatoms. The quantitative estimate of drug-likeness (QED) is 0.0919. The number of aromatic nitrogens is 5. The topological polar surface area (TPSA) is 199 Å². The van der Waals surface area contributed by atoms with E-state index in [2.05, 4.69) is 52.6 Å². The van der Waals surface area contributed by atoms with E-state index >= 15 is 0 Å². The van der Waals surface area contributed by atoms with Crippen molar-refractivity contribution in [1.82, 2.24) is 45.4 Å². The number of alkyl carbamates (subject to hydrolysis) is 1. The van der Waals surface area contributed by atoms with Crippen molar-refractivity contribution in [3.63, 3.8) is 0 Å². The van der Waals surface area contributed by atoms with E-state index in [1.54, 1.807) is 11.1 Å². The van der Waals surface area contributed by atoms with E-state index in [1.165, 1.54) is 7.11 Å². The average molecular weight is 804 g/mol. The number of likely N-dealkylation sites (tertiary alicyclic amines) is 2. The number of aromatic amines is 2. The highest BCUT2D eigenvalue weighted by atomic mass is 16.5. The van der Waals surface area contributed by atoms with Gasteiger partial charge >= 0.3 is 12.2 Å². The maximum absolute atomic E-state index is 13.7. The van der Waals surface area contributed by atoms with Crippen LogP contribution < -0.4 is 10.6 Å². The van der Waals surface area contributed by atoms with Gasteiger partial charge in [0.05, 0.1) is 36.1 Å². The van der Waals surface area contributed by atoms with Gasteiger partial charge in [-0.05, 0) is 65.8 Å². The molecule has 5 N–H and O–H groups in total. The molecule has 0 radical (unpaired) electrons. The molecule has 4 amide bonds. The second-order valence-corrected chi connectivity index (χ2v) is 16.7. The number of hydrogen-bond donors (Lipinski definition) is 5. The minimum absolute atomic E-state index is 0.120. The molecule has 310 valence electrons. The Morgan fingerprint density at radius 3 is 1.78 bits per heavy atom. The maximum atomic E-state index is 13.7. The Balaban J connectivity index is 1.04. The number of fused-ring (bicyclic) bond motifs is 1. The van der Waals surface area contributed by atoms with E-state index in [4.69, 9.17) is 19.7 Å². The lowest BCUT2D eigenvalue weighted by atomic mass is 10.0. The molecule has 0 aliphatic carbocycles. The van der Waals surface area contributed by atoms with Crippen LogP contribution in [0.15, 0.2) is 67.0 Å². The summed E-state index contributed by atoms with van der Waals surface area (Å²) in [7, 11) is 1.29. The molecule has 7 rings (SSSR count). The highest BCUT2D eigenvalue weighted by Crippen LogP contribution is 2.38. The number of hydrogen-bond acceptors (Lipinski definition) is 8. The summed E-state index contributed by atoms with van der Waals surface area (Å²) in [4.78, 5) is 75.6. The van der Waals surface area contributed by atoms with Crippen molar-refractivity contribution >= 4 is 34.9 Å². The van der Waals surface area contributed by atoms with Crippen LogP contribution in [0.4, 0.5) is 9.59 Å². The molecule has 0 bridgehead atoms. The SMILES string of the molecule is COC(=O)N[C@H](C(=O)N1CC(C)CC1c1nc(-c2ccc(-c3ccc4nc(-c5c[nH]c([C@@H]6C[C@H](C)CN6C(=O)[C@@H](NC(=O)O)C(C)C)n5)ccc4c3)cc2)c[nH]1)C(C)C. The Hall–Kier alpha value is -6.25. The monoisotopic (exact) mass is 803 g/mol. The number of carbonyl (C=O) groups is 4. The zero-order valence-corrected chi connectivity index (χ0v) is 34.5. The summed E-state index contributed by atoms with van der Waals surface area (Å²) >= 11 is 0. The molecular weight excluding hydrogens is 751 g/mol. The van der Waals surface area contributed by atoms with Gasteiger partial charge in [-0.3, -0.25) is 9.59 Å². The molecule has 15 nitrogen and oxygen atoms in total. The molecule has 2 aliphatic heterocycles. The summed E-state index contributed by atoms with van der Waals surface area (Å²) in [5.74, 6) is 1.15. The first-order chi connectivity index (χ1) is 28.2. The van der Waals surface area contributed by atoms with Crippen LogP contribution in [0.2, 0.25) is 0 Å². The zero-order chi connectivity index (χ0) is 42.1. The normalized spacial score (nSPS) is 20.3. The van der Waals surface area contributed by atoms with E-state index in [1.807, 2.05) is 75.2 Å². The van der Waals surface area contributed by atoms with Gasteiger partial charge in [-0.15, -0.1) is 0 Å². The smallest absolute Gasteiger partial charge is 0.407 e. The third-order valence-electron chi connectivity index (χ3n) is 11.5. The summed E-state index contributed by atoms with van der Waals surface area (Å²) in [5, 5.41) is 15.4. The van der Waals surface area contributed by atoms with E-state index in [0.29, 0.717) is 42.5 Å². The number of carboxylic acid groups (broad SMARTS) is 1. The van der Waals surface area contributed by atoms with Gasteiger partial charge in [0.15, 0.2) is 0 Å². The maximum Gasteiger partial charge on any atom is 0.407 e. The van der Waals surface area contributed by atoms with Gasteiger partial charge in [-0.1, -0.05) is 77.9 Å². The molecule has 3 aromatic heterocycles. The highest BCUT2D eigenvalue weighted by molar-refractivity contribution is 5.88. The molecule has 59 heavy (non-hydrogen) atoms. The second-order valence-electron chi connectivity index (χ2n) is 16.7. The van der Waals surface area contributed by atoms with Gasteiger partial charge in [-0.2, -0.15) is 0 Å². The Kier molecular flexibility index (Phi) is 11.7. The predicted octanol–water partition coefficient (Wildman–Crippen LogP) is 7.17. The summed E-state index contributed by atoms with van der Waals surface area (Å²) in [5.41, 5.74) is 5.97. The fraction of sp³-hybridized carbons (Fsp3) is 0.432. The predicted molar refractivity (Wildman–Crippen MR) is 223 cm³/mol. The van der Waals surface area contributed by atoms with Crippen molar-refractivity contribution in [2.75, 3.05) is 20.2 Å². The minimum Gasteiger partial charge on any atom is -0.465 e. The van der Waals surface area contributed by atoms with Crippen molar-refractivity contribution < 1.29 is 29.0 Å². The largest absolute Gasteiger partial charge is 0.465 e. The second kappa shape index (κ2) is 16.9. The first-order valence-corrected chi connectivity index (χ1v) is 20.3. The molecule has 2 unspecified atom stereocenters. The highest BCUT2D eigenvalue weighted by Gasteiger charge is 2.41. The molecule has 0 saturated carbocycles. The number of carbonyl (C=O) groups excluding carboxylic acids is 3. The Morgan fingerprint density at radius 1 is 0.695 bits per heavy atom. The summed E-state index contributed by atoms with van der Waals surface area (Å²) < 4.78 is 4.78. The van der Waals surface area contributed by atoms with Crippen LogP contribution in [-0.2, 0) is 14.3 Å². The number of imidazole rings is 2. The molecule has 2 fully saturated rings. The summed E-state index contributed by atoms with van der Waals surface area (Å²) in [6.07, 6.45) is 3.30. The fourth-order valence-electron chi connectivity index (χ4n) is 8.38. The first kappa shape index (κ1) is 40.9. The van der Waals surface area contributed by atoms with Gasteiger partial charge in [0, 0.05) is 36.4 Å². The molecular formula is C44H53N9O6. The first-order valence-electron chi connectivity index (χ1n) is 20.3. The van der Waals surface area contributed by atoms with Crippen molar-refractivity contribution in [3.05, 3.63) is 78.6 Å². The van der Waals surface area contributed by atoms with E-state index in [0.717, 1.165) is 39.7 Å². The average Bonchev–Trinajstić information content (AvgIpc) is 4.04. The Bertz CT molecular complexity index is 2340. The number of H-pyrrole nitrogens is 2. The number of nitrogens with one attached hydrogen (secondary N) is 4. The summed E-state index contributed by atoms with van der Waals surface area (Å²) in [6.45, 7) is 12.8. The minimum atomic E-state index is -1.22. The van der Waals surface area contributed by atoms with E-state index in [9.17, 15) is 24.3 Å². The number of amides is 4. The van der Waals surface area contributed by atoms with Gasteiger partial charge in [0.25, 0.3) is 0 Å². The number of rotatable bonds is 11. The van der Waals surface area contributed by atoms with Crippen LogP contribution in [0.1, 0.15) is 78.1 Å². The number of ether oxygens (including phenoxy) is 1. The molecule has 2 saturated heterocycles. The Labute approximate surface area is 343 Å². The lowest BCUT2D eigenvalue weighted by Crippen LogP contribution is -2.51. The summed E-state index contributed by atoms with van der Waals surface area (Å²) in [6, 6.07) is 16.2. The van der Waals surface area contributed by atoms with Gasteiger partial charge in [0.1, 0.15) is 29.4 Å². The standard InChI is InChI=1S/C44H53N9O6/c1-23(2)37(50-43(56)57)41(54)52-21-26(6)17-36(52)40-46-20-34(49-40)32-15-13-30-18-29(12-14-31(30)47-32)27-8-10-28(11-9-27)33-19-45-39(48-33)35-16-25(5)22-53(35)42(55)38(24(3)4)51-44(58)59-7/h8-15,18-20,23-26,35-38,50H,16-17,21-22H2,1-7H3,(H,45,48)(H,46,49)(H,51,58)(H,56,57)/t25?,26-,35?,36-,37-,38-/m0/s1. The number of methoxy groups -OCH3 is 1. The number of pyridine rings is 1. The van der Waals surface area contributed by atoms with Gasteiger partial charge in [0.2, 0.25) is 11.8 Å². The third kappa shape index (κ3) is 8.64. The fourth-order valence-corrected chi connectivity index (χ4v) is 8.38. The van der Waals surface area contributed by atoms with Crippen molar-refractivity contribution in [2.24, 2.45) is 23.7 Å². The van der Waals surface area contributed by atoms with Crippen LogP contribution in [0, 0.1) is 23.7 Å². The van der Waals surface area contributed by atoms with Crippen LogP contribution in [0.3, 0.4) is 0 Å². The number of benzene rings is 2. The van der Waals surface area contributed by atoms with E-state index < -0.39 is 24.3 Å². The van der Waals surface area contributed by atoms with Crippen LogP contribution in [0.5, 0.6) is 0 Å². The molecule has 2 aromatic carbocycles. The van der Waals surface area contributed by atoms with Crippen molar-refractivity contribution in [2.45, 2.75) is 78.6 Å². The van der Waals surface area contributed by atoms with Crippen LogP contribution in [-0.4, -0.2) is 96.1 Å². The van der Waals surface area contributed by atoms with Crippen molar-refractivity contribution in [1.29, 1.82) is 0 Å². The lowest BCUT2D eigenvalue weighted by molar-refractivity contribution is -0.136. The van der Waals surface area contributed by atoms with Crippen LogP contribution in [0.25, 0.3) is 44.7 Å². The Morgan fingerprint density at radius 2 is 1.22 bits per heavy atom. The lowest BCUT2D eigenvalue weighted by Gasteiger charge is -2.30. The van der Waals surface area contributed by atoms with Gasteiger partial charge in [-0.25, -0.2) is 24.5 Å². The van der Waals surface area contributed by atoms with E-state index in [-0.39, 0.29) is 47.6 Å². The third-order valence-corrected chi connectivity index (χ3v) is 11.5. The van der Waals surface area contributed by atoms with Crippen molar-refractivity contribution in [3.8, 4) is 33.8 Å².